The number of benzene rings is 1. The second kappa shape index (κ2) is 5.41. The van der Waals surface area contributed by atoms with Crippen LogP contribution in [0, 0.1) is 10.1 Å². The van der Waals surface area contributed by atoms with Gasteiger partial charge in [0.25, 0.3) is 5.69 Å². The first-order valence-corrected chi connectivity index (χ1v) is 7.88. The van der Waals surface area contributed by atoms with E-state index in [1.807, 2.05) is 0 Å². The summed E-state index contributed by atoms with van der Waals surface area (Å²) in [6, 6.07) is 6.15. The normalized spacial score (nSPS) is 11.4. The Morgan fingerprint density at radius 3 is 2.75 bits per heavy atom. The Bertz CT molecular complexity index is 758. The zero-order valence-electron chi connectivity index (χ0n) is 10.7. The number of nitro benzene ring substituents is 1. The van der Waals surface area contributed by atoms with Crippen LogP contribution >= 0.6 is 0 Å². The van der Waals surface area contributed by atoms with Gasteiger partial charge in [-0.3, -0.25) is 15.1 Å². The van der Waals surface area contributed by atoms with E-state index in [-0.39, 0.29) is 18.0 Å². The molecule has 1 aromatic heterocycles. The largest absolute Gasteiger partial charge is 0.382 e. The van der Waals surface area contributed by atoms with Crippen molar-refractivity contribution in [3.63, 3.8) is 0 Å². The Kier molecular flexibility index (Phi) is 3.84. The standard InChI is InChI=1S/C12H13N3O4S/c1-20(18,19)8-7-13-10-4-5-11(15(16)17)9-3-2-6-14-12(9)10/h2-6,13H,7-8H2,1H3. The number of non-ortho nitro benzene ring substituents is 1. The molecule has 0 aliphatic heterocycles. The first-order chi connectivity index (χ1) is 9.38. The summed E-state index contributed by atoms with van der Waals surface area (Å²) in [7, 11) is -3.06. The summed E-state index contributed by atoms with van der Waals surface area (Å²) in [5.74, 6) is -0.0156. The zero-order chi connectivity index (χ0) is 14.8. The molecule has 0 unspecified atom stereocenters. The van der Waals surface area contributed by atoms with Crippen molar-refractivity contribution in [2.75, 3.05) is 23.9 Å². The van der Waals surface area contributed by atoms with Crippen molar-refractivity contribution in [1.29, 1.82) is 0 Å². The van der Waals surface area contributed by atoms with Gasteiger partial charge in [-0.2, -0.15) is 0 Å². The first kappa shape index (κ1) is 14.2. The first-order valence-electron chi connectivity index (χ1n) is 5.82. The molecule has 0 aliphatic rings. The third-order valence-corrected chi connectivity index (χ3v) is 3.68. The lowest BCUT2D eigenvalue weighted by atomic mass is 10.1. The molecule has 2 aromatic rings. The van der Waals surface area contributed by atoms with E-state index in [1.54, 1.807) is 12.1 Å². The van der Waals surface area contributed by atoms with Gasteiger partial charge in [0, 0.05) is 25.1 Å². The van der Waals surface area contributed by atoms with E-state index in [1.165, 1.54) is 18.3 Å². The van der Waals surface area contributed by atoms with Crippen LogP contribution < -0.4 is 5.32 Å². The lowest BCUT2D eigenvalue weighted by molar-refractivity contribution is -0.383. The van der Waals surface area contributed by atoms with Crippen molar-refractivity contribution in [3.8, 4) is 0 Å². The number of hydrogen-bond donors (Lipinski definition) is 1. The number of rotatable bonds is 5. The van der Waals surface area contributed by atoms with Gasteiger partial charge in [0.1, 0.15) is 15.4 Å². The quantitative estimate of drug-likeness (QED) is 0.664. The van der Waals surface area contributed by atoms with Gasteiger partial charge in [0.15, 0.2) is 0 Å². The Labute approximate surface area is 115 Å². The molecule has 0 saturated heterocycles. The minimum atomic E-state index is -3.06. The van der Waals surface area contributed by atoms with Crippen molar-refractivity contribution in [1.82, 2.24) is 4.98 Å². The van der Waals surface area contributed by atoms with E-state index < -0.39 is 14.8 Å². The fourth-order valence-electron chi connectivity index (χ4n) is 1.83. The third kappa shape index (κ3) is 3.21. The number of sulfone groups is 1. The lowest BCUT2D eigenvalue weighted by Gasteiger charge is -2.08. The maximum atomic E-state index is 11.1. The average Bonchev–Trinajstić information content (AvgIpc) is 2.37. The molecule has 1 aromatic carbocycles. The van der Waals surface area contributed by atoms with Crippen LogP contribution in [-0.2, 0) is 9.84 Å². The molecule has 0 radical (unpaired) electrons. The van der Waals surface area contributed by atoms with E-state index in [2.05, 4.69) is 10.3 Å². The van der Waals surface area contributed by atoms with Crippen molar-refractivity contribution in [2.24, 2.45) is 0 Å². The van der Waals surface area contributed by atoms with E-state index in [0.29, 0.717) is 16.6 Å². The molecule has 2 rings (SSSR count). The molecule has 1 N–H and O–H groups in total. The molecule has 1 heterocycles. The summed E-state index contributed by atoms with van der Waals surface area (Å²) in [5, 5.41) is 14.3. The van der Waals surface area contributed by atoms with Gasteiger partial charge in [0.2, 0.25) is 0 Å². The average molecular weight is 295 g/mol. The maximum Gasteiger partial charge on any atom is 0.278 e. The molecule has 0 atom stereocenters. The molecule has 8 heteroatoms. The van der Waals surface area contributed by atoms with Gasteiger partial charge in [-0.05, 0) is 18.2 Å². The van der Waals surface area contributed by atoms with Gasteiger partial charge >= 0.3 is 0 Å². The van der Waals surface area contributed by atoms with E-state index >= 15 is 0 Å². The van der Waals surface area contributed by atoms with Crippen LogP contribution in [0.25, 0.3) is 10.9 Å². The Morgan fingerprint density at radius 2 is 2.10 bits per heavy atom. The highest BCUT2D eigenvalue weighted by Gasteiger charge is 2.14. The number of aromatic nitrogens is 1. The van der Waals surface area contributed by atoms with Gasteiger partial charge in [0.05, 0.1) is 21.7 Å². The second-order valence-electron chi connectivity index (χ2n) is 4.35. The molecule has 0 bridgehead atoms. The van der Waals surface area contributed by atoms with Gasteiger partial charge in [-0.15, -0.1) is 0 Å². The van der Waals surface area contributed by atoms with Crippen molar-refractivity contribution in [3.05, 3.63) is 40.6 Å². The number of nitro groups is 1. The molecular weight excluding hydrogens is 282 g/mol. The monoisotopic (exact) mass is 295 g/mol. The number of nitrogens with one attached hydrogen (secondary N) is 1. The summed E-state index contributed by atoms with van der Waals surface area (Å²) in [6.07, 6.45) is 2.69. The fraction of sp³-hybridized carbons (Fsp3) is 0.250. The molecule has 0 fully saturated rings. The summed E-state index contributed by atoms with van der Waals surface area (Å²) < 4.78 is 22.2. The summed E-state index contributed by atoms with van der Waals surface area (Å²) >= 11 is 0. The molecule has 0 amide bonds. The van der Waals surface area contributed by atoms with Crippen molar-refractivity contribution < 1.29 is 13.3 Å². The smallest absolute Gasteiger partial charge is 0.278 e. The maximum absolute atomic E-state index is 11.1. The van der Waals surface area contributed by atoms with Crippen LogP contribution in [0.5, 0.6) is 0 Å². The van der Waals surface area contributed by atoms with Gasteiger partial charge in [-0.1, -0.05) is 0 Å². The highest BCUT2D eigenvalue weighted by atomic mass is 32.2. The highest BCUT2D eigenvalue weighted by molar-refractivity contribution is 7.90. The van der Waals surface area contributed by atoms with Crippen LogP contribution in [0.4, 0.5) is 11.4 Å². The molecule has 106 valence electrons. The van der Waals surface area contributed by atoms with Crippen LogP contribution in [0.2, 0.25) is 0 Å². The number of fused-ring (bicyclic) bond motifs is 1. The summed E-state index contributed by atoms with van der Waals surface area (Å²) in [4.78, 5) is 14.6. The summed E-state index contributed by atoms with van der Waals surface area (Å²) in [5.41, 5.74) is 1.01. The molecular formula is C12H13N3O4S. The molecule has 0 spiro atoms. The topological polar surface area (TPSA) is 102 Å². The Balaban J connectivity index is 2.36. The number of hydrogen-bond acceptors (Lipinski definition) is 6. The lowest BCUT2D eigenvalue weighted by Crippen LogP contribution is -2.14. The Hall–Kier alpha value is -2.22. The SMILES string of the molecule is CS(=O)(=O)CCNc1ccc([N+](=O)[O-])c2cccnc12. The summed E-state index contributed by atoms with van der Waals surface area (Å²) in [6.45, 7) is 0.225. The zero-order valence-corrected chi connectivity index (χ0v) is 11.6. The van der Waals surface area contributed by atoms with Crippen molar-refractivity contribution >= 4 is 32.1 Å². The number of anilines is 1. The highest BCUT2D eigenvalue weighted by Crippen LogP contribution is 2.29. The predicted octanol–water partition coefficient (Wildman–Crippen LogP) is 1.60. The second-order valence-corrected chi connectivity index (χ2v) is 6.61. The van der Waals surface area contributed by atoms with Gasteiger partial charge in [-0.25, -0.2) is 8.42 Å². The van der Waals surface area contributed by atoms with Gasteiger partial charge < -0.3 is 5.32 Å². The minimum absolute atomic E-state index is 0.0156. The van der Waals surface area contributed by atoms with Crippen LogP contribution in [-0.4, -0.2) is 36.9 Å². The molecule has 0 saturated carbocycles. The number of pyridine rings is 1. The molecule has 7 nitrogen and oxygen atoms in total. The number of nitrogens with zero attached hydrogens (tertiary/aromatic N) is 2. The van der Waals surface area contributed by atoms with E-state index in [9.17, 15) is 18.5 Å². The van der Waals surface area contributed by atoms with Crippen LogP contribution in [0.1, 0.15) is 0 Å². The third-order valence-electron chi connectivity index (χ3n) is 2.73. The van der Waals surface area contributed by atoms with Crippen molar-refractivity contribution in [2.45, 2.75) is 0 Å². The predicted molar refractivity (Wildman–Crippen MR) is 76.6 cm³/mol. The molecule has 20 heavy (non-hydrogen) atoms. The minimum Gasteiger partial charge on any atom is -0.382 e. The van der Waals surface area contributed by atoms with E-state index in [4.69, 9.17) is 0 Å². The Morgan fingerprint density at radius 1 is 1.35 bits per heavy atom. The van der Waals surface area contributed by atoms with E-state index in [0.717, 1.165) is 6.26 Å². The fourth-order valence-corrected chi connectivity index (χ4v) is 2.30. The van der Waals surface area contributed by atoms with Crippen LogP contribution in [0.15, 0.2) is 30.5 Å². The molecule has 0 aliphatic carbocycles. The van der Waals surface area contributed by atoms with Crippen LogP contribution in [0.3, 0.4) is 0 Å².